The van der Waals surface area contributed by atoms with Crippen molar-refractivity contribution in [3.05, 3.63) is 77.1 Å². The largest absolute Gasteiger partial charge is 0.434 e. The second kappa shape index (κ2) is 14.7. The molecule has 13 heteroatoms. The summed E-state index contributed by atoms with van der Waals surface area (Å²) in [4.78, 5) is 35.3. The summed E-state index contributed by atoms with van der Waals surface area (Å²) >= 11 is 7.38. The predicted octanol–water partition coefficient (Wildman–Crippen LogP) is 5.67. The Bertz CT molecular complexity index is 1530. The number of anilines is 1. The van der Waals surface area contributed by atoms with Crippen LogP contribution in [0.3, 0.4) is 0 Å². The summed E-state index contributed by atoms with van der Waals surface area (Å²) in [5.41, 5.74) is 1.82. The van der Waals surface area contributed by atoms with Gasteiger partial charge in [0, 0.05) is 54.9 Å². The van der Waals surface area contributed by atoms with Crippen molar-refractivity contribution in [2.24, 2.45) is 0 Å². The van der Waals surface area contributed by atoms with E-state index < -0.39 is 12.5 Å². The Labute approximate surface area is 264 Å². The van der Waals surface area contributed by atoms with E-state index in [4.69, 9.17) is 21.3 Å². The molecule has 0 atom stereocenters. The summed E-state index contributed by atoms with van der Waals surface area (Å²) in [6, 6.07) is 11.7. The van der Waals surface area contributed by atoms with Gasteiger partial charge in [-0.15, -0.1) is 0 Å². The molecular formula is C31H35ClF2N6O3S. The van der Waals surface area contributed by atoms with E-state index in [-0.39, 0.29) is 38.5 Å². The number of hydrogen-bond donors (Lipinski definition) is 3. The minimum atomic E-state index is -3.09. The van der Waals surface area contributed by atoms with E-state index in [1.165, 1.54) is 24.3 Å². The van der Waals surface area contributed by atoms with Crippen molar-refractivity contribution in [2.45, 2.75) is 25.5 Å². The zero-order chi connectivity index (χ0) is 32.0. The third kappa shape index (κ3) is 7.55. The molecule has 0 spiro atoms. The number of likely N-dealkylation sites (tertiary alicyclic amines) is 1. The minimum Gasteiger partial charge on any atom is -0.434 e. The highest BCUT2D eigenvalue weighted by Crippen LogP contribution is 2.43. The Morgan fingerprint density at radius 1 is 1.14 bits per heavy atom. The summed E-state index contributed by atoms with van der Waals surface area (Å²) in [6.07, 6.45) is 3.23. The van der Waals surface area contributed by atoms with Crippen LogP contribution in [0.15, 0.2) is 66.5 Å². The number of ether oxygens (including phenoxy) is 1. The minimum absolute atomic E-state index is 0.0390. The van der Waals surface area contributed by atoms with Gasteiger partial charge in [-0.3, -0.25) is 9.59 Å². The van der Waals surface area contributed by atoms with Crippen LogP contribution >= 0.6 is 22.9 Å². The second-order valence-corrected chi connectivity index (χ2v) is 11.7. The Morgan fingerprint density at radius 2 is 1.80 bits per heavy atom. The van der Waals surface area contributed by atoms with E-state index in [0.29, 0.717) is 41.1 Å². The van der Waals surface area contributed by atoms with Crippen LogP contribution in [0.1, 0.15) is 23.2 Å². The monoisotopic (exact) mass is 644 g/mol. The summed E-state index contributed by atoms with van der Waals surface area (Å²) in [7, 11) is 7.41. The van der Waals surface area contributed by atoms with Gasteiger partial charge in [0.25, 0.3) is 11.8 Å². The number of amides is 2. The average molecular weight is 645 g/mol. The third-order valence-corrected chi connectivity index (χ3v) is 8.60. The molecule has 0 radical (unpaired) electrons. The highest BCUT2D eigenvalue weighted by atomic mass is 35.5. The Balaban J connectivity index is 1.70. The number of halogens is 3. The number of hydrogen-bond acceptors (Lipinski definition) is 8. The van der Waals surface area contributed by atoms with Crippen LogP contribution in [0.2, 0.25) is 5.02 Å². The molecule has 1 aromatic heterocycles. The summed E-state index contributed by atoms with van der Waals surface area (Å²) in [5, 5.41) is 9.67. The molecule has 0 bridgehead atoms. The number of nitrogens with one attached hydrogen (secondary N) is 3. The Kier molecular flexibility index (Phi) is 11.0. The number of alkyl halides is 2. The number of benzene rings is 2. The number of carbonyl (C=O) groups excluding carboxylic acids is 2. The standard InChI is InChI=1S/C31H35ClF2N6O3S/c1-6-22(26(35-2)36-3)27(41)38-29-25(23-17-20(32)11-12-24(23)43-31(33)34)37-28(44-29)18-7-9-19(10-8-18)30(42)40-15-13-21(14-16-40)39(4)5/h6-12,17,21,31,35-36H,1,13-16H2,2-5H3,(H,38,41). The van der Waals surface area contributed by atoms with Crippen LogP contribution < -0.4 is 20.7 Å². The van der Waals surface area contributed by atoms with Crippen LogP contribution in [0.5, 0.6) is 5.75 Å². The lowest BCUT2D eigenvalue weighted by Gasteiger charge is -2.35. The quantitative estimate of drug-likeness (QED) is 0.183. The molecule has 3 N–H and O–H groups in total. The predicted molar refractivity (Wildman–Crippen MR) is 171 cm³/mol. The molecule has 1 saturated heterocycles. The molecule has 4 rings (SSSR count). The van der Waals surface area contributed by atoms with Crippen molar-refractivity contribution in [3.8, 4) is 27.6 Å². The first-order valence-corrected chi connectivity index (χ1v) is 15.1. The molecule has 0 saturated carbocycles. The van der Waals surface area contributed by atoms with Crippen LogP contribution in [0.4, 0.5) is 13.8 Å². The third-order valence-electron chi connectivity index (χ3n) is 7.35. The lowest BCUT2D eigenvalue weighted by Crippen LogP contribution is -2.44. The topological polar surface area (TPSA) is 98.8 Å². The first-order valence-electron chi connectivity index (χ1n) is 13.9. The lowest BCUT2D eigenvalue weighted by atomic mass is 10.0. The number of piperidine rings is 1. The second-order valence-electron chi connectivity index (χ2n) is 10.2. The molecule has 2 amide bonds. The molecule has 1 fully saturated rings. The van der Waals surface area contributed by atoms with Gasteiger partial charge < -0.3 is 30.5 Å². The van der Waals surface area contributed by atoms with Crippen LogP contribution in [0, 0.1) is 0 Å². The maximum absolute atomic E-state index is 13.3. The molecule has 2 aromatic carbocycles. The van der Waals surface area contributed by atoms with E-state index >= 15 is 0 Å². The maximum Gasteiger partial charge on any atom is 0.387 e. The van der Waals surface area contributed by atoms with E-state index in [1.54, 1.807) is 38.4 Å². The molecular weight excluding hydrogens is 610 g/mol. The van der Waals surface area contributed by atoms with Crippen molar-refractivity contribution in [2.75, 3.05) is 46.6 Å². The fourth-order valence-electron chi connectivity index (χ4n) is 4.99. The van der Waals surface area contributed by atoms with Gasteiger partial charge in [0.1, 0.15) is 27.3 Å². The molecule has 9 nitrogen and oxygen atoms in total. The molecule has 0 aliphatic carbocycles. The van der Waals surface area contributed by atoms with E-state index in [2.05, 4.69) is 41.5 Å². The fourth-order valence-corrected chi connectivity index (χ4v) is 6.15. The van der Waals surface area contributed by atoms with Gasteiger partial charge >= 0.3 is 6.61 Å². The fraction of sp³-hybridized carbons (Fsp3) is 0.323. The Hall–Kier alpha value is -4.00. The van der Waals surface area contributed by atoms with E-state index in [1.807, 2.05) is 4.90 Å². The first-order chi connectivity index (χ1) is 21.1. The molecule has 1 aliphatic rings. The number of carbonyl (C=O) groups is 2. The van der Waals surface area contributed by atoms with Gasteiger partial charge in [-0.25, -0.2) is 4.98 Å². The molecule has 234 valence electrons. The molecule has 2 heterocycles. The molecule has 44 heavy (non-hydrogen) atoms. The van der Waals surface area contributed by atoms with E-state index in [0.717, 1.165) is 24.2 Å². The van der Waals surface area contributed by atoms with E-state index in [9.17, 15) is 18.4 Å². The van der Waals surface area contributed by atoms with Crippen molar-refractivity contribution in [1.82, 2.24) is 25.4 Å². The van der Waals surface area contributed by atoms with Crippen molar-refractivity contribution < 1.29 is 23.1 Å². The Morgan fingerprint density at radius 3 is 2.36 bits per heavy atom. The van der Waals surface area contributed by atoms with Gasteiger partial charge in [-0.05, 0) is 57.3 Å². The first kappa shape index (κ1) is 32.9. The zero-order valence-corrected chi connectivity index (χ0v) is 26.5. The molecule has 0 unspecified atom stereocenters. The molecule has 1 aliphatic heterocycles. The summed E-state index contributed by atoms with van der Waals surface area (Å²) in [5.74, 6) is -0.267. The lowest BCUT2D eigenvalue weighted by molar-refractivity contribution is -0.112. The average Bonchev–Trinajstić information content (AvgIpc) is 3.43. The summed E-state index contributed by atoms with van der Waals surface area (Å²) in [6.45, 7) is 2.02. The smallest absolute Gasteiger partial charge is 0.387 e. The van der Waals surface area contributed by atoms with Crippen molar-refractivity contribution in [1.29, 1.82) is 0 Å². The van der Waals surface area contributed by atoms with Gasteiger partial charge in [0.2, 0.25) is 0 Å². The zero-order valence-electron chi connectivity index (χ0n) is 24.9. The summed E-state index contributed by atoms with van der Waals surface area (Å²) < 4.78 is 31.4. The van der Waals surface area contributed by atoms with Crippen molar-refractivity contribution >= 4 is 39.8 Å². The maximum atomic E-state index is 13.3. The number of rotatable bonds is 11. The number of nitrogens with zero attached hydrogens (tertiary/aromatic N) is 3. The highest BCUT2D eigenvalue weighted by Gasteiger charge is 2.26. The highest BCUT2D eigenvalue weighted by molar-refractivity contribution is 7.19. The van der Waals surface area contributed by atoms with Gasteiger partial charge in [0.15, 0.2) is 0 Å². The van der Waals surface area contributed by atoms with Gasteiger partial charge in [-0.2, -0.15) is 8.78 Å². The van der Waals surface area contributed by atoms with Gasteiger partial charge in [-0.1, -0.05) is 47.7 Å². The molecule has 3 aromatic rings. The van der Waals surface area contributed by atoms with Crippen LogP contribution in [-0.4, -0.2) is 80.5 Å². The SMILES string of the molecule is C=CC(C(=O)Nc1sc(-c2ccc(C(=O)N3CCC(N(C)C)CC3)cc2)nc1-c1cc(Cl)ccc1OC(F)F)=C(NC)NC. The number of thiazole rings is 1. The van der Waals surface area contributed by atoms with Gasteiger partial charge in [0.05, 0.1) is 5.57 Å². The van der Waals surface area contributed by atoms with Crippen LogP contribution in [-0.2, 0) is 4.79 Å². The number of aromatic nitrogens is 1. The van der Waals surface area contributed by atoms with Crippen LogP contribution in [0.25, 0.3) is 21.8 Å². The van der Waals surface area contributed by atoms with Crippen molar-refractivity contribution in [3.63, 3.8) is 0 Å². The normalized spacial score (nSPS) is 13.5.